The number of carbonyl (C=O) groups excluding carboxylic acids is 1. The van der Waals surface area contributed by atoms with Gasteiger partial charge in [0.1, 0.15) is 0 Å². The highest BCUT2D eigenvalue weighted by Crippen LogP contribution is 2.44. The lowest BCUT2D eigenvalue weighted by Gasteiger charge is -2.46. The van der Waals surface area contributed by atoms with E-state index in [9.17, 15) is 4.79 Å². The highest BCUT2D eigenvalue weighted by atomic mass is 16.2. The molecule has 1 aliphatic carbocycles. The molecule has 0 atom stereocenters. The van der Waals surface area contributed by atoms with Gasteiger partial charge in [-0.05, 0) is 24.0 Å². The molecule has 0 bridgehead atoms. The standard InChI is InChI=1S/C16H21NO/c1-13(18)17-11-14-7-3-4-8-15(14)16(12-17)9-5-2-6-10-16/h3-4,7-8H,2,5-6,9-12H2,1H3. The first-order valence-corrected chi connectivity index (χ1v) is 7.05. The van der Waals surface area contributed by atoms with Crippen LogP contribution in [0.4, 0.5) is 0 Å². The second-order valence-electron chi connectivity index (χ2n) is 5.87. The van der Waals surface area contributed by atoms with E-state index < -0.39 is 0 Å². The maximum absolute atomic E-state index is 11.8. The van der Waals surface area contributed by atoms with Gasteiger partial charge in [0, 0.05) is 25.4 Å². The molecule has 0 N–H and O–H groups in total. The van der Waals surface area contributed by atoms with E-state index in [2.05, 4.69) is 24.3 Å². The fourth-order valence-corrected chi connectivity index (χ4v) is 3.77. The minimum atomic E-state index is 0.217. The second-order valence-corrected chi connectivity index (χ2v) is 5.87. The first-order chi connectivity index (χ1) is 8.71. The van der Waals surface area contributed by atoms with Crippen LogP contribution in [0.1, 0.15) is 50.2 Å². The SMILES string of the molecule is CC(=O)N1Cc2ccccc2C2(CCCCC2)C1. The van der Waals surface area contributed by atoms with Crippen molar-refractivity contribution in [2.45, 2.75) is 51.0 Å². The zero-order valence-electron chi connectivity index (χ0n) is 11.1. The number of carbonyl (C=O) groups is 1. The molecular weight excluding hydrogens is 222 g/mol. The van der Waals surface area contributed by atoms with Gasteiger partial charge in [0.25, 0.3) is 0 Å². The van der Waals surface area contributed by atoms with Crippen molar-refractivity contribution >= 4 is 5.91 Å². The summed E-state index contributed by atoms with van der Waals surface area (Å²) in [5, 5.41) is 0. The largest absolute Gasteiger partial charge is 0.338 e. The molecule has 1 saturated carbocycles. The third kappa shape index (κ3) is 1.84. The smallest absolute Gasteiger partial charge is 0.219 e. The summed E-state index contributed by atoms with van der Waals surface area (Å²) in [6, 6.07) is 8.73. The molecule has 0 aromatic heterocycles. The highest BCUT2D eigenvalue weighted by Gasteiger charge is 2.40. The van der Waals surface area contributed by atoms with Gasteiger partial charge in [0.15, 0.2) is 0 Å². The van der Waals surface area contributed by atoms with Crippen molar-refractivity contribution in [3.63, 3.8) is 0 Å². The molecule has 1 heterocycles. The van der Waals surface area contributed by atoms with Gasteiger partial charge in [-0.25, -0.2) is 0 Å². The molecule has 1 aromatic carbocycles. The van der Waals surface area contributed by atoms with E-state index in [1.807, 2.05) is 4.90 Å². The van der Waals surface area contributed by atoms with Crippen molar-refractivity contribution in [3.8, 4) is 0 Å². The van der Waals surface area contributed by atoms with Gasteiger partial charge in [-0.3, -0.25) is 4.79 Å². The molecule has 0 radical (unpaired) electrons. The van der Waals surface area contributed by atoms with Gasteiger partial charge in [-0.2, -0.15) is 0 Å². The zero-order chi connectivity index (χ0) is 12.6. The van der Waals surface area contributed by atoms with Crippen molar-refractivity contribution in [2.24, 2.45) is 0 Å². The van der Waals surface area contributed by atoms with Gasteiger partial charge >= 0.3 is 0 Å². The van der Waals surface area contributed by atoms with Crippen LogP contribution in [0.2, 0.25) is 0 Å². The summed E-state index contributed by atoms with van der Waals surface area (Å²) in [5.74, 6) is 0.217. The minimum Gasteiger partial charge on any atom is -0.338 e. The first-order valence-electron chi connectivity index (χ1n) is 7.05. The van der Waals surface area contributed by atoms with E-state index in [0.717, 1.165) is 13.1 Å². The topological polar surface area (TPSA) is 20.3 Å². The average molecular weight is 243 g/mol. The first kappa shape index (κ1) is 11.8. The Morgan fingerprint density at radius 1 is 1.17 bits per heavy atom. The van der Waals surface area contributed by atoms with E-state index in [1.54, 1.807) is 6.92 Å². The Bertz CT molecular complexity index is 460. The molecule has 18 heavy (non-hydrogen) atoms. The maximum atomic E-state index is 11.8. The third-order valence-electron chi connectivity index (χ3n) is 4.70. The van der Waals surface area contributed by atoms with Crippen molar-refractivity contribution in [1.82, 2.24) is 4.90 Å². The van der Waals surface area contributed by atoms with E-state index >= 15 is 0 Å². The predicted molar refractivity (Wildman–Crippen MR) is 72.3 cm³/mol. The van der Waals surface area contributed by atoms with Gasteiger partial charge in [-0.1, -0.05) is 43.5 Å². The highest BCUT2D eigenvalue weighted by molar-refractivity contribution is 5.74. The van der Waals surface area contributed by atoms with Crippen molar-refractivity contribution < 1.29 is 4.79 Å². The van der Waals surface area contributed by atoms with Crippen LogP contribution in [-0.2, 0) is 16.8 Å². The Morgan fingerprint density at radius 3 is 2.61 bits per heavy atom. The minimum absolute atomic E-state index is 0.217. The molecular formula is C16H21NO. The number of hydrogen-bond donors (Lipinski definition) is 0. The van der Waals surface area contributed by atoms with Crippen LogP contribution in [-0.4, -0.2) is 17.4 Å². The Labute approximate surface area is 109 Å². The number of benzene rings is 1. The molecule has 1 aromatic rings. The van der Waals surface area contributed by atoms with Crippen LogP contribution < -0.4 is 0 Å². The Hall–Kier alpha value is -1.31. The van der Waals surface area contributed by atoms with E-state index in [-0.39, 0.29) is 11.3 Å². The normalized spacial score (nSPS) is 21.7. The van der Waals surface area contributed by atoms with E-state index in [4.69, 9.17) is 0 Å². The summed E-state index contributed by atoms with van der Waals surface area (Å²) in [7, 11) is 0. The molecule has 0 saturated heterocycles. The van der Waals surface area contributed by atoms with Crippen LogP contribution in [0, 0.1) is 0 Å². The summed E-state index contributed by atoms with van der Waals surface area (Å²) in [4.78, 5) is 13.8. The number of hydrogen-bond acceptors (Lipinski definition) is 1. The Balaban J connectivity index is 2.04. The monoisotopic (exact) mass is 243 g/mol. The molecule has 0 unspecified atom stereocenters. The Morgan fingerprint density at radius 2 is 1.89 bits per heavy atom. The van der Waals surface area contributed by atoms with Crippen molar-refractivity contribution in [2.75, 3.05) is 6.54 Å². The van der Waals surface area contributed by atoms with Crippen molar-refractivity contribution in [3.05, 3.63) is 35.4 Å². The van der Waals surface area contributed by atoms with Gasteiger partial charge < -0.3 is 4.90 Å². The summed E-state index contributed by atoms with van der Waals surface area (Å²) < 4.78 is 0. The molecule has 96 valence electrons. The van der Waals surface area contributed by atoms with Crippen molar-refractivity contribution in [1.29, 1.82) is 0 Å². The fraction of sp³-hybridized carbons (Fsp3) is 0.562. The summed E-state index contributed by atoms with van der Waals surface area (Å²) >= 11 is 0. The number of nitrogens with zero attached hydrogens (tertiary/aromatic N) is 1. The van der Waals surface area contributed by atoms with E-state index in [1.165, 1.54) is 43.2 Å². The van der Waals surface area contributed by atoms with E-state index in [0.29, 0.717) is 0 Å². The fourth-order valence-electron chi connectivity index (χ4n) is 3.77. The predicted octanol–water partition coefficient (Wildman–Crippen LogP) is 3.25. The third-order valence-corrected chi connectivity index (χ3v) is 4.70. The molecule has 2 nitrogen and oxygen atoms in total. The number of fused-ring (bicyclic) bond motifs is 2. The maximum Gasteiger partial charge on any atom is 0.219 e. The molecule has 3 rings (SSSR count). The second kappa shape index (κ2) is 4.42. The van der Waals surface area contributed by atoms with Gasteiger partial charge in [0.05, 0.1) is 0 Å². The molecule has 1 spiro atoms. The zero-order valence-corrected chi connectivity index (χ0v) is 11.1. The quantitative estimate of drug-likeness (QED) is 0.685. The summed E-state index contributed by atoms with van der Waals surface area (Å²) in [6.07, 6.45) is 6.45. The molecule has 1 aliphatic heterocycles. The summed E-state index contributed by atoms with van der Waals surface area (Å²) in [6.45, 7) is 3.43. The van der Waals surface area contributed by atoms with Crippen LogP contribution in [0.25, 0.3) is 0 Å². The molecule has 1 amide bonds. The molecule has 1 fully saturated rings. The van der Waals surface area contributed by atoms with Crippen LogP contribution >= 0.6 is 0 Å². The molecule has 2 heteroatoms. The Kier molecular flexibility index (Phi) is 2.89. The van der Waals surface area contributed by atoms with Gasteiger partial charge in [0.2, 0.25) is 5.91 Å². The van der Waals surface area contributed by atoms with Gasteiger partial charge in [-0.15, -0.1) is 0 Å². The van der Waals surface area contributed by atoms with Crippen LogP contribution in [0.3, 0.4) is 0 Å². The average Bonchev–Trinajstić information content (AvgIpc) is 2.40. The molecule has 2 aliphatic rings. The van der Waals surface area contributed by atoms with Crippen LogP contribution in [0.5, 0.6) is 0 Å². The lowest BCUT2D eigenvalue weighted by Crippen LogP contribution is -2.48. The lowest BCUT2D eigenvalue weighted by molar-refractivity contribution is -0.131. The lowest BCUT2D eigenvalue weighted by atomic mass is 9.66. The number of rotatable bonds is 0. The van der Waals surface area contributed by atoms with Crippen LogP contribution in [0.15, 0.2) is 24.3 Å². The summed E-state index contributed by atoms with van der Waals surface area (Å²) in [5.41, 5.74) is 3.13. The number of amides is 1.